The summed E-state index contributed by atoms with van der Waals surface area (Å²) in [5, 5.41) is 3.75. The van der Waals surface area contributed by atoms with Crippen molar-refractivity contribution in [3.63, 3.8) is 0 Å². The molecule has 2 heterocycles. The van der Waals surface area contributed by atoms with Gasteiger partial charge >= 0.3 is 0 Å². The summed E-state index contributed by atoms with van der Waals surface area (Å²) < 4.78 is 0. The van der Waals surface area contributed by atoms with E-state index in [1.165, 1.54) is 25.7 Å². The molecule has 4 bridgehead atoms. The van der Waals surface area contributed by atoms with Gasteiger partial charge in [0.25, 0.3) is 0 Å². The second-order valence-corrected chi connectivity index (χ2v) is 4.81. The molecule has 11 heavy (non-hydrogen) atoms. The van der Waals surface area contributed by atoms with E-state index in [0.717, 1.165) is 23.9 Å². The first-order valence-corrected chi connectivity index (χ1v) is 5.16. The zero-order chi connectivity index (χ0) is 7.26. The summed E-state index contributed by atoms with van der Waals surface area (Å²) in [6, 6.07) is 1.83. The molecule has 1 nitrogen and oxygen atoms in total. The van der Waals surface area contributed by atoms with E-state index in [9.17, 15) is 0 Å². The van der Waals surface area contributed by atoms with Crippen molar-refractivity contribution in [1.82, 2.24) is 5.32 Å². The molecule has 0 aromatic rings. The molecular weight excluding hydrogens is 134 g/mol. The van der Waals surface area contributed by atoms with E-state index in [1.54, 1.807) is 12.8 Å². The van der Waals surface area contributed by atoms with Gasteiger partial charge in [-0.05, 0) is 37.5 Å². The molecule has 4 aliphatic rings. The fraction of sp³-hybridized carbons (Fsp3) is 1.00. The van der Waals surface area contributed by atoms with Gasteiger partial charge in [0, 0.05) is 12.1 Å². The van der Waals surface area contributed by atoms with E-state index in [1.807, 2.05) is 0 Å². The molecule has 0 unspecified atom stereocenters. The Balaban J connectivity index is 1.90. The lowest BCUT2D eigenvalue weighted by Crippen LogP contribution is -2.49. The summed E-state index contributed by atoms with van der Waals surface area (Å²) >= 11 is 0. The molecule has 0 aromatic heterocycles. The van der Waals surface area contributed by atoms with Gasteiger partial charge in [0.1, 0.15) is 0 Å². The Morgan fingerprint density at radius 2 is 1.18 bits per heavy atom. The number of nitrogens with one attached hydrogen (secondary N) is 1. The molecule has 4 fully saturated rings. The molecule has 0 aromatic carbocycles. The van der Waals surface area contributed by atoms with Crippen molar-refractivity contribution >= 4 is 0 Å². The lowest BCUT2D eigenvalue weighted by molar-refractivity contribution is 0.184. The van der Waals surface area contributed by atoms with Crippen LogP contribution in [0, 0.1) is 11.8 Å². The maximum Gasteiger partial charge on any atom is 0.00749 e. The summed E-state index contributed by atoms with van der Waals surface area (Å²) in [7, 11) is 0. The SMILES string of the molecule is C1CC2CC3CC1CC(C2)N3. The normalized spacial score (nSPS) is 54.5. The van der Waals surface area contributed by atoms with Crippen molar-refractivity contribution in [2.45, 2.75) is 50.6 Å². The Kier molecular flexibility index (Phi) is 1.31. The van der Waals surface area contributed by atoms with Crippen LogP contribution in [-0.4, -0.2) is 12.1 Å². The van der Waals surface area contributed by atoms with Gasteiger partial charge in [-0.2, -0.15) is 0 Å². The summed E-state index contributed by atoms with van der Waals surface area (Å²) in [6.07, 6.45) is 9.05. The molecule has 2 saturated heterocycles. The second-order valence-electron chi connectivity index (χ2n) is 4.81. The van der Waals surface area contributed by atoms with Crippen LogP contribution in [0.25, 0.3) is 0 Å². The van der Waals surface area contributed by atoms with E-state index in [0.29, 0.717) is 0 Å². The molecule has 62 valence electrons. The summed E-state index contributed by atoms with van der Waals surface area (Å²) in [5.74, 6) is 2.19. The largest absolute Gasteiger partial charge is 0.311 e. The highest BCUT2D eigenvalue weighted by molar-refractivity contribution is 4.95. The maximum atomic E-state index is 3.75. The van der Waals surface area contributed by atoms with Gasteiger partial charge in [-0.1, -0.05) is 12.8 Å². The van der Waals surface area contributed by atoms with Gasteiger partial charge in [0.2, 0.25) is 0 Å². The Labute approximate surface area is 68.6 Å². The van der Waals surface area contributed by atoms with Crippen molar-refractivity contribution < 1.29 is 0 Å². The highest BCUT2D eigenvalue weighted by atomic mass is 15.0. The van der Waals surface area contributed by atoms with E-state index in [4.69, 9.17) is 0 Å². The first kappa shape index (κ1) is 6.47. The molecule has 2 aliphatic carbocycles. The molecule has 0 atom stereocenters. The number of hydrogen-bond donors (Lipinski definition) is 1. The van der Waals surface area contributed by atoms with Gasteiger partial charge < -0.3 is 5.32 Å². The predicted octanol–water partition coefficient (Wildman–Crippen LogP) is 1.93. The van der Waals surface area contributed by atoms with Crippen LogP contribution < -0.4 is 5.32 Å². The highest BCUT2D eigenvalue weighted by Crippen LogP contribution is 2.41. The maximum absolute atomic E-state index is 3.75. The van der Waals surface area contributed by atoms with Crippen LogP contribution >= 0.6 is 0 Å². The zero-order valence-electron chi connectivity index (χ0n) is 7.05. The number of piperidine rings is 2. The zero-order valence-corrected chi connectivity index (χ0v) is 7.05. The molecule has 2 aliphatic heterocycles. The van der Waals surface area contributed by atoms with Crippen molar-refractivity contribution in [2.75, 3.05) is 0 Å². The Morgan fingerprint density at radius 1 is 0.727 bits per heavy atom. The van der Waals surface area contributed by atoms with Gasteiger partial charge in [-0.15, -0.1) is 0 Å². The lowest BCUT2D eigenvalue weighted by atomic mass is 9.80. The van der Waals surface area contributed by atoms with Crippen LogP contribution in [-0.2, 0) is 0 Å². The standard InChI is InChI=1S/C10H17N/c1-2-8-5-9-3-7(1)4-10(6-8)11-9/h7-11H,1-6H2. The first-order valence-electron chi connectivity index (χ1n) is 5.16. The Morgan fingerprint density at radius 3 is 1.64 bits per heavy atom. The summed E-state index contributed by atoms with van der Waals surface area (Å²) in [6.45, 7) is 0. The average Bonchev–Trinajstić information content (AvgIpc) is 2.18. The van der Waals surface area contributed by atoms with Crippen molar-refractivity contribution in [3.05, 3.63) is 0 Å². The molecule has 0 radical (unpaired) electrons. The smallest absolute Gasteiger partial charge is 0.00749 e. The molecule has 0 spiro atoms. The minimum Gasteiger partial charge on any atom is -0.311 e. The molecule has 2 saturated carbocycles. The molecule has 1 heteroatoms. The van der Waals surface area contributed by atoms with Crippen LogP contribution in [0.1, 0.15) is 38.5 Å². The third kappa shape index (κ3) is 1.01. The quantitative estimate of drug-likeness (QED) is 0.558. The summed E-state index contributed by atoms with van der Waals surface area (Å²) in [5.41, 5.74) is 0. The van der Waals surface area contributed by atoms with Gasteiger partial charge in [0.15, 0.2) is 0 Å². The van der Waals surface area contributed by atoms with E-state index >= 15 is 0 Å². The second kappa shape index (κ2) is 2.22. The number of hydrogen-bond acceptors (Lipinski definition) is 1. The van der Waals surface area contributed by atoms with E-state index in [2.05, 4.69) is 5.32 Å². The van der Waals surface area contributed by atoms with E-state index < -0.39 is 0 Å². The molecular formula is C10H17N. The first-order chi connectivity index (χ1) is 5.40. The molecule has 0 amide bonds. The lowest BCUT2D eigenvalue weighted by Gasteiger charge is -2.39. The number of fused-ring (bicyclic) bond motifs is 1. The highest BCUT2D eigenvalue weighted by Gasteiger charge is 2.38. The van der Waals surface area contributed by atoms with E-state index in [-0.39, 0.29) is 0 Å². The summed E-state index contributed by atoms with van der Waals surface area (Å²) in [4.78, 5) is 0. The Bertz CT molecular complexity index is 132. The van der Waals surface area contributed by atoms with Crippen LogP contribution in [0.2, 0.25) is 0 Å². The van der Waals surface area contributed by atoms with Gasteiger partial charge in [-0.3, -0.25) is 0 Å². The van der Waals surface area contributed by atoms with Crippen molar-refractivity contribution in [3.8, 4) is 0 Å². The van der Waals surface area contributed by atoms with Gasteiger partial charge in [-0.25, -0.2) is 0 Å². The minimum atomic E-state index is 0.917. The third-order valence-corrected chi connectivity index (χ3v) is 3.93. The fourth-order valence-corrected chi connectivity index (χ4v) is 3.54. The van der Waals surface area contributed by atoms with Crippen LogP contribution in [0.15, 0.2) is 0 Å². The predicted molar refractivity (Wildman–Crippen MR) is 45.4 cm³/mol. The topological polar surface area (TPSA) is 12.0 Å². The van der Waals surface area contributed by atoms with Crippen LogP contribution in [0.5, 0.6) is 0 Å². The Hall–Kier alpha value is -0.0400. The molecule has 4 rings (SSSR count). The fourth-order valence-electron chi connectivity index (χ4n) is 3.54. The minimum absolute atomic E-state index is 0.917. The average molecular weight is 151 g/mol. The van der Waals surface area contributed by atoms with Crippen LogP contribution in [0.3, 0.4) is 0 Å². The monoisotopic (exact) mass is 151 g/mol. The van der Waals surface area contributed by atoms with Gasteiger partial charge in [0.05, 0.1) is 0 Å². The number of rotatable bonds is 0. The third-order valence-electron chi connectivity index (χ3n) is 3.93. The van der Waals surface area contributed by atoms with Crippen LogP contribution in [0.4, 0.5) is 0 Å². The van der Waals surface area contributed by atoms with Crippen molar-refractivity contribution in [2.24, 2.45) is 11.8 Å². The molecule has 1 N–H and O–H groups in total. The van der Waals surface area contributed by atoms with Crippen molar-refractivity contribution in [1.29, 1.82) is 0 Å².